The lowest BCUT2D eigenvalue weighted by Gasteiger charge is -2.32. The van der Waals surface area contributed by atoms with Crippen LogP contribution in [0.4, 0.5) is 5.69 Å². The molecule has 1 N–H and O–H groups in total. The Kier molecular flexibility index (Phi) is 5.82. The maximum Gasteiger partial charge on any atom is 0.269 e. The van der Waals surface area contributed by atoms with E-state index in [2.05, 4.69) is 5.32 Å². The SMILES string of the molecule is C[C@H]1CCCCN1S(=O)(=O)c1ccc(NC(=O)CN2C(=O)c3ccccc3S2(=O)=O)cc1. The normalized spacial score (nSPS) is 20.7. The van der Waals surface area contributed by atoms with Crippen LogP contribution in [0.5, 0.6) is 0 Å². The van der Waals surface area contributed by atoms with Crippen LogP contribution in [0, 0.1) is 0 Å². The van der Waals surface area contributed by atoms with E-state index in [4.69, 9.17) is 0 Å². The molecule has 1 atom stereocenters. The Morgan fingerprint density at radius 1 is 1.09 bits per heavy atom. The Morgan fingerprint density at radius 3 is 2.44 bits per heavy atom. The third-order valence-corrected chi connectivity index (χ3v) is 9.50. The van der Waals surface area contributed by atoms with Crippen molar-refractivity contribution in [2.75, 3.05) is 18.4 Å². The summed E-state index contributed by atoms with van der Waals surface area (Å²) in [7, 11) is -7.73. The largest absolute Gasteiger partial charge is 0.325 e. The van der Waals surface area contributed by atoms with Gasteiger partial charge in [-0.1, -0.05) is 18.6 Å². The summed E-state index contributed by atoms with van der Waals surface area (Å²) >= 11 is 0. The lowest BCUT2D eigenvalue weighted by Crippen LogP contribution is -2.41. The molecular formula is C21H23N3O6S2. The van der Waals surface area contributed by atoms with Crippen LogP contribution in [0.1, 0.15) is 36.5 Å². The van der Waals surface area contributed by atoms with Gasteiger partial charge in [-0.25, -0.2) is 21.1 Å². The third-order valence-electron chi connectivity index (χ3n) is 5.69. The number of carbonyl (C=O) groups excluding carboxylic acids is 2. The molecule has 9 nitrogen and oxygen atoms in total. The number of fused-ring (bicyclic) bond motifs is 1. The molecule has 170 valence electrons. The van der Waals surface area contributed by atoms with Gasteiger partial charge < -0.3 is 5.32 Å². The van der Waals surface area contributed by atoms with Crippen LogP contribution in [0.15, 0.2) is 58.3 Å². The van der Waals surface area contributed by atoms with Gasteiger partial charge in [-0.2, -0.15) is 4.31 Å². The Morgan fingerprint density at radius 2 is 1.78 bits per heavy atom. The Labute approximate surface area is 187 Å². The van der Waals surface area contributed by atoms with Crippen molar-refractivity contribution >= 4 is 37.5 Å². The van der Waals surface area contributed by atoms with Gasteiger partial charge in [0.15, 0.2) is 0 Å². The minimum atomic E-state index is -4.09. The predicted octanol–water partition coefficient (Wildman–Crippen LogP) is 2.03. The van der Waals surface area contributed by atoms with E-state index in [1.54, 1.807) is 6.07 Å². The van der Waals surface area contributed by atoms with Gasteiger partial charge in [-0.05, 0) is 56.2 Å². The van der Waals surface area contributed by atoms with E-state index >= 15 is 0 Å². The summed E-state index contributed by atoms with van der Waals surface area (Å²) in [4.78, 5) is 24.9. The first-order valence-electron chi connectivity index (χ1n) is 10.2. The molecule has 2 amide bonds. The zero-order valence-electron chi connectivity index (χ0n) is 17.4. The van der Waals surface area contributed by atoms with E-state index in [1.807, 2.05) is 6.92 Å². The van der Waals surface area contributed by atoms with E-state index < -0.39 is 38.4 Å². The number of rotatable bonds is 5. The van der Waals surface area contributed by atoms with Crippen LogP contribution >= 0.6 is 0 Å². The van der Waals surface area contributed by atoms with Gasteiger partial charge in [-0.3, -0.25) is 9.59 Å². The van der Waals surface area contributed by atoms with Gasteiger partial charge in [0.1, 0.15) is 11.4 Å². The van der Waals surface area contributed by atoms with Crippen LogP contribution in [-0.2, 0) is 24.8 Å². The molecule has 0 spiro atoms. The Balaban J connectivity index is 1.45. The molecule has 0 bridgehead atoms. The van der Waals surface area contributed by atoms with Crippen molar-refractivity contribution in [1.82, 2.24) is 8.61 Å². The summed E-state index contributed by atoms with van der Waals surface area (Å²) in [6, 6.07) is 11.4. The number of nitrogens with zero attached hydrogens (tertiary/aromatic N) is 2. The smallest absolute Gasteiger partial charge is 0.269 e. The first kappa shape index (κ1) is 22.4. The van der Waals surface area contributed by atoms with Crippen molar-refractivity contribution in [3.8, 4) is 0 Å². The molecule has 0 aliphatic carbocycles. The van der Waals surface area contributed by atoms with Crippen molar-refractivity contribution in [3.05, 3.63) is 54.1 Å². The molecule has 32 heavy (non-hydrogen) atoms. The van der Waals surface area contributed by atoms with Crippen molar-refractivity contribution in [2.24, 2.45) is 0 Å². The van der Waals surface area contributed by atoms with Gasteiger partial charge in [-0.15, -0.1) is 0 Å². The van der Waals surface area contributed by atoms with Crippen LogP contribution in [0.3, 0.4) is 0 Å². The molecule has 0 saturated carbocycles. The molecule has 2 aliphatic heterocycles. The van der Waals surface area contributed by atoms with Gasteiger partial charge >= 0.3 is 0 Å². The second kappa shape index (κ2) is 8.30. The number of anilines is 1. The van der Waals surface area contributed by atoms with Gasteiger partial charge in [0.2, 0.25) is 15.9 Å². The van der Waals surface area contributed by atoms with E-state index in [0.717, 1.165) is 19.3 Å². The summed E-state index contributed by atoms with van der Waals surface area (Å²) in [5, 5.41) is 2.52. The van der Waals surface area contributed by atoms with Gasteiger partial charge in [0.05, 0.1) is 10.5 Å². The zero-order chi connectivity index (χ0) is 23.1. The second-order valence-electron chi connectivity index (χ2n) is 7.85. The first-order valence-corrected chi connectivity index (χ1v) is 13.1. The topological polar surface area (TPSA) is 121 Å². The molecule has 2 aromatic rings. The first-order chi connectivity index (χ1) is 15.1. The summed E-state index contributed by atoms with van der Waals surface area (Å²) < 4.78 is 53.0. The summed E-state index contributed by atoms with van der Waals surface area (Å²) in [5.74, 6) is -1.47. The number of carbonyl (C=O) groups is 2. The molecule has 1 fully saturated rings. The van der Waals surface area contributed by atoms with Crippen molar-refractivity contribution in [1.29, 1.82) is 0 Å². The average Bonchev–Trinajstić information content (AvgIpc) is 2.95. The van der Waals surface area contributed by atoms with Gasteiger partial charge in [0, 0.05) is 18.3 Å². The summed E-state index contributed by atoms with van der Waals surface area (Å²) in [6.45, 7) is 1.68. The number of piperidine rings is 1. The number of hydrogen-bond donors (Lipinski definition) is 1. The number of amides is 2. The number of sulfonamides is 2. The van der Waals surface area contributed by atoms with E-state index in [-0.39, 0.29) is 21.4 Å². The predicted molar refractivity (Wildman–Crippen MR) is 117 cm³/mol. The van der Waals surface area contributed by atoms with Crippen LogP contribution in [-0.4, -0.2) is 56.4 Å². The summed E-state index contributed by atoms with van der Waals surface area (Å²) in [6.07, 6.45) is 2.63. The van der Waals surface area contributed by atoms with Gasteiger partial charge in [0.25, 0.3) is 15.9 Å². The monoisotopic (exact) mass is 477 g/mol. The molecule has 2 heterocycles. The van der Waals surface area contributed by atoms with Crippen molar-refractivity contribution in [2.45, 2.75) is 42.0 Å². The quantitative estimate of drug-likeness (QED) is 0.703. The molecule has 2 aromatic carbocycles. The average molecular weight is 478 g/mol. The fraction of sp³-hybridized carbons (Fsp3) is 0.333. The molecule has 11 heteroatoms. The molecule has 2 aliphatic rings. The maximum atomic E-state index is 12.9. The van der Waals surface area contributed by atoms with E-state index in [0.29, 0.717) is 16.5 Å². The highest BCUT2D eigenvalue weighted by Gasteiger charge is 2.41. The maximum absolute atomic E-state index is 12.9. The number of hydrogen-bond acceptors (Lipinski definition) is 6. The second-order valence-corrected chi connectivity index (χ2v) is 11.6. The molecule has 0 aromatic heterocycles. The van der Waals surface area contributed by atoms with E-state index in [1.165, 1.54) is 46.8 Å². The molecule has 0 unspecified atom stereocenters. The highest BCUT2D eigenvalue weighted by Crippen LogP contribution is 2.30. The number of nitrogens with one attached hydrogen (secondary N) is 1. The highest BCUT2D eigenvalue weighted by molar-refractivity contribution is 7.90. The van der Waals surface area contributed by atoms with E-state index in [9.17, 15) is 26.4 Å². The van der Waals surface area contributed by atoms with Crippen LogP contribution < -0.4 is 5.32 Å². The fourth-order valence-corrected chi connectivity index (χ4v) is 7.22. The minimum absolute atomic E-state index is 0.0294. The minimum Gasteiger partial charge on any atom is -0.325 e. The zero-order valence-corrected chi connectivity index (χ0v) is 19.0. The molecular weight excluding hydrogens is 454 g/mol. The molecule has 0 radical (unpaired) electrons. The Bertz CT molecular complexity index is 1270. The Hall–Kier alpha value is -2.76. The lowest BCUT2D eigenvalue weighted by atomic mass is 10.1. The summed E-state index contributed by atoms with van der Waals surface area (Å²) in [5.41, 5.74) is 0.323. The number of benzene rings is 2. The van der Waals surface area contributed by atoms with Crippen LogP contribution in [0.25, 0.3) is 0 Å². The standard InChI is InChI=1S/C21H23N3O6S2/c1-15-6-4-5-13-23(15)31(27,28)17-11-9-16(10-12-17)22-20(25)14-24-21(26)18-7-2-3-8-19(18)32(24,29)30/h2-3,7-12,15H,4-6,13-14H2,1H3,(H,22,25)/t15-/m0/s1. The third kappa shape index (κ3) is 3.91. The lowest BCUT2D eigenvalue weighted by molar-refractivity contribution is -0.116. The van der Waals surface area contributed by atoms with Crippen molar-refractivity contribution < 1.29 is 26.4 Å². The van der Waals surface area contributed by atoms with Crippen LogP contribution in [0.2, 0.25) is 0 Å². The molecule has 1 saturated heterocycles. The van der Waals surface area contributed by atoms with Crippen molar-refractivity contribution in [3.63, 3.8) is 0 Å². The molecule has 4 rings (SSSR count). The highest BCUT2D eigenvalue weighted by atomic mass is 32.2. The fourth-order valence-electron chi connectivity index (χ4n) is 3.99.